The fourth-order valence-electron chi connectivity index (χ4n) is 1.55. The number of aliphatic carboxylic acids is 1. The molecule has 0 unspecified atom stereocenters. The lowest BCUT2D eigenvalue weighted by atomic mass is 10.2. The molecule has 0 spiro atoms. The fraction of sp³-hybridized carbons (Fsp3) is 0.917. The van der Waals surface area contributed by atoms with Crippen LogP contribution in [0.15, 0.2) is 0 Å². The van der Waals surface area contributed by atoms with E-state index in [0.29, 0.717) is 6.42 Å². The normalized spacial score (nSPS) is 10.9. The van der Waals surface area contributed by atoms with Gasteiger partial charge in [0, 0.05) is 19.6 Å². The van der Waals surface area contributed by atoms with E-state index < -0.39 is 5.97 Å². The third-order valence-corrected chi connectivity index (χ3v) is 2.57. The van der Waals surface area contributed by atoms with E-state index in [1.54, 1.807) is 0 Å². The molecule has 0 aromatic heterocycles. The predicted octanol–water partition coefficient (Wildman–Crippen LogP) is 1.99. The highest BCUT2D eigenvalue weighted by Gasteiger charge is 2.02. The van der Waals surface area contributed by atoms with Crippen molar-refractivity contribution in [1.82, 2.24) is 4.90 Å². The zero-order chi connectivity index (χ0) is 12.2. The molecule has 1 N–H and O–H groups in total. The van der Waals surface area contributed by atoms with E-state index in [9.17, 15) is 4.79 Å². The van der Waals surface area contributed by atoms with Crippen LogP contribution in [-0.4, -0.2) is 48.8 Å². The first kappa shape index (κ1) is 15.4. The van der Waals surface area contributed by atoms with E-state index in [1.807, 2.05) is 6.92 Å². The van der Waals surface area contributed by atoms with E-state index >= 15 is 0 Å². The maximum absolute atomic E-state index is 10.3. The molecule has 0 aromatic rings. The van der Waals surface area contributed by atoms with Crippen molar-refractivity contribution in [2.45, 2.75) is 39.5 Å². The number of carboxylic acids is 1. The van der Waals surface area contributed by atoms with Gasteiger partial charge in [0.25, 0.3) is 0 Å². The summed E-state index contributed by atoms with van der Waals surface area (Å²) < 4.78 is 5.31. The summed E-state index contributed by atoms with van der Waals surface area (Å²) in [5, 5.41) is 8.48. The lowest BCUT2D eigenvalue weighted by molar-refractivity contribution is -0.137. The summed E-state index contributed by atoms with van der Waals surface area (Å²) in [6.07, 6.45) is 3.16. The molecule has 0 fully saturated rings. The standard InChI is InChI=1S/C12H25NO3/c1-3-13(10-11-16-4-2)9-7-5-6-8-12(14)15/h3-11H2,1-2H3,(H,14,15). The van der Waals surface area contributed by atoms with Crippen LogP contribution in [0.25, 0.3) is 0 Å². The molecule has 0 rings (SSSR count). The van der Waals surface area contributed by atoms with E-state index in [1.165, 1.54) is 0 Å². The van der Waals surface area contributed by atoms with Gasteiger partial charge >= 0.3 is 5.97 Å². The summed E-state index contributed by atoms with van der Waals surface area (Å²) in [5.41, 5.74) is 0. The van der Waals surface area contributed by atoms with Crippen LogP contribution < -0.4 is 0 Å². The Hall–Kier alpha value is -0.610. The Morgan fingerprint density at radius 2 is 1.94 bits per heavy atom. The number of hydrogen-bond donors (Lipinski definition) is 1. The molecule has 0 bridgehead atoms. The number of unbranched alkanes of at least 4 members (excludes halogenated alkanes) is 2. The summed E-state index contributed by atoms with van der Waals surface area (Å²) in [7, 11) is 0. The van der Waals surface area contributed by atoms with Crippen LogP contribution in [0.1, 0.15) is 39.5 Å². The SMILES string of the molecule is CCOCCN(CC)CCCCCC(=O)O. The average Bonchev–Trinajstić information content (AvgIpc) is 2.26. The first-order chi connectivity index (χ1) is 7.70. The minimum atomic E-state index is -0.691. The summed E-state index contributed by atoms with van der Waals surface area (Å²) in [6, 6.07) is 0. The van der Waals surface area contributed by atoms with Crippen LogP contribution in [0.5, 0.6) is 0 Å². The molecule has 0 atom stereocenters. The molecular weight excluding hydrogens is 206 g/mol. The predicted molar refractivity (Wildman–Crippen MR) is 64.7 cm³/mol. The second-order valence-electron chi connectivity index (χ2n) is 3.84. The van der Waals surface area contributed by atoms with Crippen molar-refractivity contribution in [2.75, 3.05) is 32.8 Å². The van der Waals surface area contributed by atoms with Crippen molar-refractivity contribution in [3.05, 3.63) is 0 Å². The van der Waals surface area contributed by atoms with Crippen molar-refractivity contribution < 1.29 is 14.6 Å². The molecule has 0 heterocycles. The first-order valence-corrected chi connectivity index (χ1v) is 6.22. The third-order valence-electron chi connectivity index (χ3n) is 2.57. The Labute approximate surface area is 98.6 Å². The smallest absolute Gasteiger partial charge is 0.303 e. The van der Waals surface area contributed by atoms with Crippen LogP contribution in [-0.2, 0) is 9.53 Å². The van der Waals surface area contributed by atoms with Gasteiger partial charge < -0.3 is 14.7 Å². The third kappa shape index (κ3) is 9.93. The van der Waals surface area contributed by atoms with Crippen molar-refractivity contribution in [3.8, 4) is 0 Å². The van der Waals surface area contributed by atoms with Gasteiger partial charge in [0.1, 0.15) is 0 Å². The molecular formula is C12H25NO3. The lowest BCUT2D eigenvalue weighted by Gasteiger charge is -2.19. The van der Waals surface area contributed by atoms with Gasteiger partial charge in [-0.15, -0.1) is 0 Å². The topological polar surface area (TPSA) is 49.8 Å². The molecule has 0 aliphatic carbocycles. The van der Waals surface area contributed by atoms with Crippen molar-refractivity contribution >= 4 is 5.97 Å². The van der Waals surface area contributed by atoms with Gasteiger partial charge in [0.05, 0.1) is 6.61 Å². The van der Waals surface area contributed by atoms with Gasteiger partial charge in [-0.05, 0) is 32.9 Å². The van der Waals surface area contributed by atoms with E-state index in [4.69, 9.17) is 9.84 Å². The Bertz CT molecular complexity index is 174. The van der Waals surface area contributed by atoms with Gasteiger partial charge in [0.2, 0.25) is 0 Å². The van der Waals surface area contributed by atoms with Crippen LogP contribution in [0, 0.1) is 0 Å². The van der Waals surface area contributed by atoms with E-state index in [0.717, 1.165) is 52.1 Å². The molecule has 0 aliphatic rings. The number of hydrogen-bond acceptors (Lipinski definition) is 3. The average molecular weight is 231 g/mol. The van der Waals surface area contributed by atoms with Crippen LogP contribution in [0.3, 0.4) is 0 Å². The molecule has 96 valence electrons. The first-order valence-electron chi connectivity index (χ1n) is 6.22. The molecule has 0 aromatic carbocycles. The zero-order valence-corrected chi connectivity index (χ0v) is 10.6. The van der Waals surface area contributed by atoms with Crippen LogP contribution in [0.2, 0.25) is 0 Å². The van der Waals surface area contributed by atoms with E-state index in [2.05, 4.69) is 11.8 Å². The second kappa shape index (κ2) is 10.9. The van der Waals surface area contributed by atoms with Crippen molar-refractivity contribution in [3.63, 3.8) is 0 Å². The van der Waals surface area contributed by atoms with Crippen molar-refractivity contribution in [2.24, 2.45) is 0 Å². The Morgan fingerprint density at radius 3 is 2.50 bits per heavy atom. The van der Waals surface area contributed by atoms with Gasteiger partial charge in [-0.1, -0.05) is 13.3 Å². The number of rotatable bonds is 11. The van der Waals surface area contributed by atoms with Crippen LogP contribution in [0.4, 0.5) is 0 Å². The summed E-state index contributed by atoms with van der Waals surface area (Å²) in [6.45, 7) is 8.76. The van der Waals surface area contributed by atoms with Gasteiger partial charge in [-0.2, -0.15) is 0 Å². The molecule has 0 saturated carbocycles. The number of likely N-dealkylation sites (N-methyl/N-ethyl adjacent to an activating group) is 1. The maximum Gasteiger partial charge on any atom is 0.303 e. The number of carbonyl (C=O) groups is 1. The second-order valence-corrected chi connectivity index (χ2v) is 3.84. The highest BCUT2D eigenvalue weighted by atomic mass is 16.5. The molecule has 0 amide bonds. The molecule has 0 saturated heterocycles. The largest absolute Gasteiger partial charge is 0.481 e. The summed E-state index contributed by atoms with van der Waals surface area (Å²) in [5.74, 6) is -0.691. The molecule has 16 heavy (non-hydrogen) atoms. The van der Waals surface area contributed by atoms with Gasteiger partial charge in [-0.25, -0.2) is 0 Å². The minimum absolute atomic E-state index is 0.297. The van der Waals surface area contributed by atoms with Gasteiger partial charge in [-0.3, -0.25) is 4.79 Å². The lowest BCUT2D eigenvalue weighted by Crippen LogP contribution is -2.28. The summed E-state index contributed by atoms with van der Waals surface area (Å²) >= 11 is 0. The number of carboxylic acid groups (broad SMARTS) is 1. The molecule has 4 heteroatoms. The summed E-state index contributed by atoms with van der Waals surface area (Å²) in [4.78, 5) is 12.6. The fourth-order valence-corrected chi connectivity index (χ4v) is 1.55. The highest BCUT2D eigenvalue weighted by Crippen LogP contribution is 2.02. The number of nitrogens with zero attached hydrogens (tertiary/aromatic N) is 1. The molecule has 0 radical (unpaired) electrons. The monoisotopic (exact) mass is 231 g/mol. The van der Waals surface area contributed by atoms with Crippen molar-refractivity contribution in [1.29, 1.82) is 0 Å². The quantitative estimate of drug-likeness (QED) is 0.552. The Morgan fingerprint density at radius 1 is 1.19 bits per heavy atom. The molecule has 4 nitrogen and oxygen atoms in total. The molecule has 0 aliphatic heterocycles. The maximum atomic E-state index is 10.3. The number of ether oxygens (including phenoxy) is 1. The highest BCUT2D eigenvalue weighted by molar-refractivity contribution is 5.66. The van der Waals surface area contributed by atoms with Crippen LogP contribution >= 0.6 is 0 Å². The van der Waals surface area contributed by atoms with Gasteiger partial charge in [0.15, 0.2) is 0 Å². The Balaban J connectivity index is 3.36. The Kier molecular flexibility index (Phi) is 10.5. The van der Waals surface area contributed by atoms with E-state index in [-0.39, 0.29) is 0 Å². The minimum Gasteiger partial charge on any atom is -0.481 e. The zero-order valence-electron chi connectivity index (χ0n) is 10.6.